The zero-order valence-corrected chi connectivity index (χ0v) is 18.8. The first-order chi connectivity index (χ1) is 17.6. The molecule has 3 heterocycles. The van der Waals surface area contributed by atoms with E-state index < -0.39 is 18.0 Å². The van der Waals surface area contributed by atoms with Crippen molar-refractivity contribution in [1.29, 1.82) is 0 Å². The lowest BCUT2D eigenvalue weighted by atomic mass is 10.1. The second kappa shape index (κ2) is 8.97. The van der Waals surface area contributed by atoms with Crippen LogP contribution in [0.2, 0.25) is 0 Å². The Bertz CT molecular complexity index is 1540. The minimum atomic E-state index is -0.723. The van der Waals surface area contributed by atoms with E-state index in [0.717, 1.165) is 17.3 Å². The Balaban J connectivity index is 1.36. The molecule has 0 amide bonds. The summed E-state index contributed by atoms with van der Waals surface area (Å²) < 4.78 is 35.6. The van der Waals surface area contributed by atoms with E-state index in [0.29, 0.717) is 29.1 Å². The third-order valence-corrected chi connectivity index (χ3v) is 6.23. The third kappa shape index (κ3) is 4.01. The van der Waals surface area contributed by atoms with Crippen molar-refractivity contribution >= 4 is 5.82 Å². The van der Waals surface area contributed by atoms with Crippen LogP contribution in [0.25, 0.3) is 22.9 Å². The van der Waals surface area contributed by atoms with Gasteiger partial charge in [-0.3, -0.25) is 4.68 Å². The average Bonchev–Trinajstić information content (AvgIpc) is 3.61. The maximum Gasteiger partial charge on any atom is 0.183 e. The number of hydrogen-bond acceptors (Lipinski definition) is 7. The van der Waals surface area contributed by atoms with Crippen LogP contribution in [0.4, 0.5) is 14.6 Å². The van der Waals surface area contributed by atoms with Gasteiger partial charge in [0.05, 0.1) is 30.6 Å². The fourth-order valence-corrected chi connectivity index (χ4v) is 4.47. The molecule has 10 heteroatoms. The Kier molecular flexibility index (Phi) is 5.49. The van der Waals surface area contributed by atoms with Crippen molar-refractivity contribution in [3.63, 3.8) is 0 Å². The van der Waals surface area contributed by atoms with Gasteiger partial charge < -0.3 is 14.9 Å². The molecule has 0 spiro atoms. The first-order valence-electron chi connectivity index (χ1n) is 11.3. The summed E-state index contributed by atoms with van der Waals surface area (Å²) in [5.74, 6) is -0.900. The van der Waals surface area contributed by atoms with Crippen molar-refractivity contribution in [3.8, 4) is 22.9 Å². The van der Waals surface area contributed by atoms with Crippen molar-refractivity contribution in [1.82, 2.24) is 24.9 Å². The molecule has 2 aromatic carbocycles. The Morgan fingerprint density at radius 3 is 2.69 bits per heavy atom. The molecule has 2 atom stereocenters. The summed E-state index contributed by atoms with van der Waals surface area (Å²) in [5, 5.41) is 22.1. The summed E-state index contributed by atoms with van der Waals surface area (Å²) in [7, 11) is 0. The molecule has 6 rings (SSSR count). The largest absolute Gasteiger partial charge is 0.390 e. The fourth-order valence-electron chi connectivity index (χ4n) is 4.47. The lowest BCUT2D eigenvalue weighted by Gasteiger charge is -2.19. The van der Waals surface area contributed by atoms with Crippen molar-refractivity contribution in [2.45, 2.75) is 25.1 Å². The molecule has 1 aliphatic carbocycles. The molecule has 36 heavy (non-hydrogen) atoms. The maximum atomic E-state index is 14.7. The van der Waals surface area contributed by atoms with Crippen LogP contribution in [0.15, 0.2) is 77.6 Å². The van der Waals surface area contributed by atoms with E-state index in [1.165, 1.54) is 12.3 Å². The maximum absolute atomic E-state index is 14.7. The standard InChI is InChI=1S/C26H20F2N6O2/c27-18-8-4-2-6-16(18)14-34-22(20-9-10-36-33-20)12-21(32-34)26-29-13-19(28)25(31-26)30-24-17-7-3-1-5-15(17)11-23(24)35/h1-10,12-13,23-24,35H,11,14H2,(H,29,30,31). The summed E-state index contributed by atoms with van der Waals surface area (Å²) in [6, 6.07) is 16.9. The van der Waals surface area contributed by atoms with E-state index >= 15 is 0 Å². The van der Waals surface area contributed by atoms with Crippen LogP contribution in [0.3, 0.4) is 0 Å². The first kappa shape index (κ1) is 22.1. The molecule has 2 N–H and O–H groups in total. The molecule has 5 aromatic rings. The second-order valence-corrected chi connectivity index (χ2v) is 8.53. The predicted octanol–water partition coefficient (Wildman–Crippen LogP) is 4.39. The van der Waals surface area contributed by atoms with Gasteiger partial charge in [0.15, 0.2) is 17.5 Å². The number of aliphatic hydroxyl groups is 1. The number of hydrogen-bond donors (Lipinski definition) is 2. The number of fused-ring (bicyclic) bond motifs is 1. The van der Waals surface area contributed by atoms with Crippen LogP contribution in [0.5, 0.6) is 0 Å². The van der Waals surface area contributed by atoms with Crippen molar-refractivity contribution in [2.75, 3.05) is 5.32 Å². The molecule has 0 fully saturated rings. The summed E-state index contributed by atoms with van der Waals surface area (Å²) >= 11 is 0. The van der Waals surface area contributed by atoms with Gasteiger partial charge in [-0.1, -0.05) is 47.6 Å². The zero-order chi connectivity index (χ0) is 24.6. The molecule has 2 unspecified atom stereocenters. The number of aliphatic hydroxyl groups excluding tert-OH is 1. The summed E-state index contributed by atoms with van der Waals surface area (Å²) in [4.78, 5) is 8.50. The Hall–Kier alpha value is -4.44. The van der Waals surface area contributed by atoms with Gasteiger partial charge in [-0.25, -0.2) is 18.7 Å². The summed E-state index contributed by atoms with van der Waals surface area (Å²) in [5.41, 5.74) is 3.74. The van der Waals surface area contributed by atoms with Gasteiger partial charge >= 0.3 is 0 Å². The number of halogens is 2. The van der Waals surface area contributed by atoms with Gasteiger partial charge in [-0.15, -0.1) is 0 Å². The van der Waals surface area contributed by atoms with E-state index in [-0.39, 0.29) is 24.0 Å². The third-order valence-electron chi connectivity index (χ3n) is 6.23. The lowest BCUT2D eigenvalue weighted by Crippen LogP contribution is -2.22. The molecule has 0 bridgehead atoms. The molecule has 0 aliphatic heterocycles. The highest BCUT2D eigenvalue weighted by Crippen LogP contribution is 2.34. The topological polar surface area (TPSA) is 102 Å². The van der Waals surface area contributed by atoms with Crippen molar-refractivity contribution < 1.29 is 18.4 Å². The normalized spacial score (nSPS) is 16.8. The molecular formula is C26H20F2N6O2. The molecule has 0 radical (unpaired) electrons. The van der Waals surface area contributed by atoms with Gasteiger partial charge in [-0.2, -0.15) is 5.10 Å². The average molecular weight is 486 g/mol. The highest BCUT2D eigenvalue weighted by Gasteiger charge is 2.31. The van der Waals surface area contributed by atoms with Crippen LogP contribution in [-0.2, 0) is 13.0 Å². The lowest BCUT2D eigenvalue weighted by molar-refractivity contribution is 0.165. The number of aromatic nitrogens is 5. The van der Waals surface area contributed by atoms with E-state index in [4.69, 9.17) is 4.52 Å². The van der Waals surface area contributed by atoms with Gasteiger partial charge in [0.25, 0.3) is 0 Å². The van der Waals surface area contributed by atoms with Crippen LogP contribution in [0.1, 0.15) is 22.7 Å². The smallest absolute Gasteiger partial charge is 0.183 e. The van der Waals surface area contributed by atoms with Crippen LogP contribution in [-0.4, -0.2) is 36.1 Å². The molecule has 3 aromatic heterocycles. The van der Waals surface area contributed by atoms with Crippen LogP contribution >= 0.6 is 0 Å². The first-order valence-corrected chi connectivity index (χ1v) is 11.3. The minimum Gasteiger partial charge on any atom is -0.390 e. The molecule has 0 saturated heterocycles. The van der Waals surface area contributed by atoms with Gasteiger partial charge in [-0.05, 0) is 23.3 Å². The molecule has 1 aliphatic rings. The zero-order valence-electron chi connectivity index (χ0n) is 18.8. The van der Waals surface area contributed by atoms with E-state index in [2.05, 4.69) is 25.5 Å². The van der Waals surface area contributed by atoms with Crippen LogP contribution < -0.4 is 5.32 Å². The van der Waals surface area contributed by atoms with E-state index in [9.17, 15) is 13.9 Å². The van der Waals surface area contributed by atoms with E-state index in [1.807, 2.05) is 24.3 Å². The predicted molar refractivity (Wildman–Crippen MR) is 127 cm³/mol. The number of benzene rings is 2. The number of nitrogens with zero attached hydrogens (tertiary/aromatic N) is 5. The molecule has 180 valence electrons. The Labute approximate surface area is 204 Å². The summed E-state index contributed by atoms with van der Waals surface area (Å²) in [6.45, 7) is 0.131. The molecule has 8 nitrogen and oxygen atoms in total. The molecular weight excluding hydrogens is 466 g/mol. The minimum absolute atomic E-state index is 0.0487. The SMILES string of the molecule is OC1Cc2ccccc2C1Nc1nc(-c2cc(-c3ccon3)n(Cc3ccccc3F)n2)ncc1F. The fraction of sp³-hybridized carbons (Fsp3) is 0.154. The highest BCUT2D eigenvalue weighted by molar-refractivity contribution is 5.63. The Morgan fingerprint density at radius 2 is 1.86 bits per heavy atom. The highest BCUT2D eigenvalue weighted by atomic mass is 19.1. The number of rotatable bonds is 6. The van der Waals surface area contributed by atoms with Crippen LogP contribution in [0, 0.1) is 11.6 Å². The number of nitrogens with one attached hydrogen (secondary N) is 1. The Morgan fingerprint density at radius 1 is 1.03 bits per heavy atom. The van der Waals surface area contributed by atoms with Crippen molar-refractivity contribution in [3.05, 3.63) is 101 Å². The van der Waals surface area contributed by atoms with Crippen molar-refractivity contribution in [2.24, 2.45) is 0 Å². The van der Waals surface area contributed by atoms with Gasteiger partial charge in [0.1, 0.15) is 23.5 Å². The monoisotopic (exact) mass is 486 g/mol. The number of anilines is 1. The van der Waals surface area contributed by atoms with E-state index in [1.54, 1.807) is 35.0 Å². The van der Waals surface area contributed by atoms with Gasteiger partial charge in [0.2, 0.25) is 0 Å². The second-order valence-electron chi connectivity index (χ2n) is 8.53. The van der Waals surface area contributed by atoms with Gasteiger partial charge in [0, 0.05) is 18.1 Å². The summed E-state index contributed by atoms with van der Waals surface area (Å²) in [6.07, 6.45) is 2.23. The quantitative estimate of drug-likeness (QED) is 0.367. The molecule has 0 saturated carbocycles.